The van der Waals surface area contributed by atoms with Gasteiger partial charge in [-0.25, -0.2) is 4.52 Å². The third-order valence-corrected chi connectivity index (χ3v) is 3.62. The van der Waals surface area contributed by atoms with Gasteiger partial charge < -0.3 is 10.2 Å². The molecule has 1 N–H and O–H groups in total. The van der Waals surface area contributed by atoms with E-state index in [1.54, 1.807) is 10.7 Å². The van der Waals surface area contributed by atoms with Crippen LogP contribution in [-0.4, -0.2) is 40.8 Å². The molecular weight excluding hydrogens is 250 g/mol. The molecule has 1 fully saturated rings. The lowest BCUT2D eigenvalue weighted by atomic mass is 10.1. The van der Waals surface area contributed by atoms with Crippen LogP contribution in [0.15, 0.2) is 18.3 Å². The largest absolute Gasteiger partial charge is 0.338 e. The summed E-state index contributed by atoms with van der Waals surface area (Å²) in [4.78, 5) is 6.77. The Labute approximate surface area is 111 Å². The fourth-order valence-electron chi connectivity index (χ4n) is 2.37. The maximum absolute atomic E-state index is 5.95. The molecule has 6 heteroatoms. The molecule has 0 spiro atoms. The van der Waals surface area contributed by atoms with Crippen LogP contribution in [0.4, 0.5) is 5.95 Å². The summed E-state index contributed by atoms with van der Waals surface area (Å²) in [5.74, 6) is 0.789. The van der Waals surface area contributed by atoms with E-state index in [0.29, 0.717) is 11.1 Å². The van der Waals surface area contributed by atoms with Crippen molar-refractivity contribution in [2.24, 2.45) is 0 Å². The Hall–Kier alpha value is -1.33. The van der Waals surface area contributed by atoms with Crippen molar-refractivity contribution in [1.29, 1.82) is 0 Å². The average Bonchev–Trinajstić information content (AvgIpc) is 2.81. The highest BCUT2D eigenvalue weighted by molar-refractivity contribution is 6.30. The number of rotatable bonds is 2. The van der Waals surface area contributed by atoms with Crippen LogP contribution in [0.5, 0.6) is 0 Å². The summed E-state index contributed by atoms with van der Waals surface area (Å²) in [5.41, 5.74) is 0.834. The van der Waals surface area contributed by atoms with Crippen molar-refractivity contribution < 1.29 is 0 Å². The molecule has 3 heterocycles. The first kappa shape index (κ1) is 11.7. The molecule has 5 nitrogen and oxygen atoms in total. The number of piperidine rings is 1. The minimum Gasteiger partial charge on any atom is -0.338 e. The fraction of sp³-hybridized carbons (Fsp3) is 0.500. The zero-order valence-corrected chi connectivity index (χ0v) is 11.1. The molecule has 2 aromatic rings. The van der Waals surface area contributed by atoms with Gasteiger partial charge in [-0.2, -0.15) is 4.98 Å². The molecule has 3 rings (SSSR count). The molecule has 0 amide bonds. The van der Waals surface area contributed by atoms with Crippen LogP contribution in [0.25, 0.3) is 5.65 Å². The quantitative estimate of drug-likeness (QED) is 0.895. The highest BCUT2D eigenvalue weighted by Gasteiger charge is 2.21. The van der Waals surface area contributed by atoms with Crippen LogP contribution in [-0.2, 0) is 0 Å². The fourth-order valence-corrected chi connectivity index (χ4v) is 2.53. The van der Waals surface area contributed by atoms with Gasteiger partial charge in [0.15, 0.2) is 5.65 Å². The average molecular weight is 266 g/mol. The molecule has 0 saturated carbocycles. The molecule has 1 aliphatic rings. The van der Waals surface area contributed by atoms with Crippen molar-refractivity contribution in [2.45, 2.75) is 18.9 Å². The number of likely N-dealkylation sites (N-methyl/N-ethyl adjacent to an activating group) is 1. The second kappa shape index (κ2) is 4.74. The lowest BCUT2D eigenvalue weighted by Gasteiger charge is -2.31. The van der Waals surface area contributed by atoms with Gasteiger partial charge in [-0.15, -0.1) is 5.10 Å². The number of hydrogen-bond donors (Lipinski definition) is 1. The van der Waals surface area contributed by atoms with Gasteiger partial charge in [0.2, 0.25) is 5.95 Å². The maximum atomic E-state index is 5.95. The van der Waals surface area contributed by atoms with Crippen LogP contribution in [0.3, 0.4) is 0 Å². The first-order chi connectivity index (χ1) is 8.76. The summed E-state index contributed by atoms with van der Waals surface area (Å²) in [6.45, 7) is 1.98. The molecule has 18 heavy (non-hydrogen) atoms. The lowest BCUT2D eigenvalue weighted by Crippen LogP contribution is -2.44. The van der Waals surface area contributed by atoms with Gasteiger partial charge in [0.05, 0.1) is 5.02 Å². The zero-order valence-electron chi connectivity index (χ0n) is 10.3. The van der Waals surface area contributed by atoms with Crippen molar-refractivity contribution >= 4 is 23.2 Å². The Morgan fingerprint density at radius 1 is 1.44 bits per heavy atom. The lowest BCUT2D eigenvalue weighted by molar-refractivity contribution is 0.445. The molecule has 0 aromatic carbocycles. The Balaban J connectivity index is 1.89. The van der Waals surface area contributed by atoms with Gasteiger partial charge in [0.25, 0.3) is 0 Å². The van der Waals surface area contributed by atoms with Crippen molar-refractivity contribution in [1.82, 2.24) is 19.9 Å². The van der Waals surface area contributed by atoms with Crippen molar-refractivity contribution in [3.63, 3.8) is 0 Å². The summed E-state index contributed by atoms with van der Waals surface area (Å²) >= 11 is 5.95. The minimum absolute atomic E-state index is 0.522. The monoisotopic (exact) mass is 265 g/mol. The van der Waals surface area contributed by atoms with E-state index in [1.807, 2.05) is 19.2 Å². The predicted octanol–water partition coefficient (Wildman–Crippen LogP) is 1.57. The smallest absolute Gasteiger partial charge is 0.245 e. The standard InChI is InChI=1S/C12H16ClN5/c1-14-10-3-2-6-17(8-10)12-15-11-5-4-9(13)7-18(11)16-12/h4-5,7,10,14H,2-3,6,8H2,1H3. The maximum Gasteiger partial charge on any atom is 0.245 e. The Kier molecular flexibility index (Phi) is 3.09. The molecule has 1 unspecified atom stereocenters. The molecule has 2 aromatic heterocycles. The van der Waals surface area contributed by atoms with Gasteiger partial charge in [-0.05, 0) is 32.0 Å². The minimum atomic E-state index is 0.522. The normalized spacial score (nSPS) is 20.6. The molecular formula is C12H16ClN5. The summed E-state index contributed by atoms with van der Waals surface area (Å²) in [5, 5.41) is 8.48. The Bertz CT molecular complexity index is 552. The molecule has 1 aliphatic heterocycles. The van der Waals surface area contributed by atoms with Gasteiger partial charge in [-0.1, -0.05) is 11.6 Å². The number of nitrogens with one attached hydrogen (secondary N) is 1. The van der Waals surface area contributed by atoms with E-state index in [2.05, 4.69) is 20.3 Å². The number of anilines is 1. The molecule has 1 saturated heterocycles. The van der Waals surface area contributed by atoms with Gasteiger partial charge in [0, 0.05) is 25.3 Å². The zero-order chi connectivity index (χ0) is 12.5. The highest BCUT2D eigenvalue weighted by Crippen LogP contribution is 2.18. The van der Waals surface area contributed by atoms with Crippen molar-refractivity contribution in [3.8, 4) is 0 Å². The molecule has 0 aliphatic carbocycles. The molecule has 0 bridgehead atoms. The number of fused-ring (bicyclic) bond motifs is 1. The van der Waals surface area contributed by atoms with E-state index in [-0.39, 0.29) is 0 Å². The van der Waals surface area contributed by atoms with Crippen LogP contribution in [0.2, 0.25) is 5.02 Å². The number of halogens is 1. The second-order valence-corrected chi connectivity index (χ2v) is 5.07. The van der Waals surface area contributed by atoms with E-state index < -0.39 is 0 Å². The summed E-state index contributed by atoms with van der Waals surface area (Å²) in [6.07, 6.45) is 4.17. The molecule has 0 radical (unpaired) electrons. The van der Waals surface area contributed by atoms with E-state index in [9.17, 15) is 0 Å². The van der Waals surface area contributed by atoms with Crippen molar-refractivity contribution in [2.75, 3.05) is 25.0 Å². The number of pyridine rings is 1. The first-order valence-corrected chi connectivity index (χ1v) is 6.58. The third kappa shape index (κ3) is 2.15. The van der Waals surface area contributed by atoms with Crippen LogP contribution in [0, 0.1) is 0 Å². The van der Waals surface area contributed by atoms with Gasteiger partial charge >= 0.3 is 0 Å². The highest BCUT2D eigenvalue weighted by atomic mass is 35.5. The summed E-state index contributed by atoms with van der Waals surface area (Å²) < 4.78 is 1.74. The van der Waals surface area contributed by atoms with E-state index in [4.69, 9.17) is 11.6 Å². The number of aromatic nitrogens is 3. The van der Waals surface area contributed by atoms with Crippen LogP contribution >= 0.6 is 11.6 Å². The van der Waals surface area contributed by atoms with Gasteiger partial charge in [-0.3, -0.25) is 0 Å². The van der Waals surface area contributed by atoms with Gasteiger partial charge in [0.1, 0.15) is 0 Å². The van der Waals surface area contributed by atoms with E-state index >= 15 is 0 Å². The van der Waals surface area contributed by atoms with Crippen LogP contribution < -0.4 is 10.2 Å². The SMILES string of the molecule is CNC1CCCN(c2nc3ccc(Cl)cn3n2)C1. The first-order valence-electron chi connectivity index (χ1n) is 6.20. The number of nitrogens with zero attached hydrogens (tertiary/aromatic N) is 4. The Morgan fingerprint density at radius 3 is 3.17 bits per heavy atom. The molecule has 96 valence electrons. The van der Waals surface area contributed by atoms with Crippen molar-refractivity contribution in [3.05, 3.63) is 23.4 Å². The second-order valence-electron chi connectivity index (χ2n) is 4.64. The summed E-state index contributed by atoms with van der Waals surface area (Å²) in [6, 6.07) is 4.24. The van der Waals surface area contributed by atoms with E-state index in [0.717, 1.165) is 24.7 Å². The third-order valence-electron chi connectivity index (χ3n) is 3.40. The Morgan fingerprint density at radius 2 is 2.33 bits per heavy atom. The van der Waals surface area contributed by atoms with Crippen LogP contribution in [0.1, 0.15) is 12.8 Å². The predicted molar refractivity (Wildman–Crippen MR) is 72.3 cm³/mol. The van der Waals surface area contributed by atoms with E-state index in [1.165, 1.54) is 12.8 Å². The summed E-state index contributed by atoms with van der Waals surface area (Å²) in [7, 11) is 2.01. The number of hydrogen-bond acceptors (Lipinski definition) is 4. The molecule has 1 atom stereocenters. The topological polar surface area (TPSA) is 45.5 Å².